The maximum atomic E-state index is 11.6. The average molecular weight is 181 g/mol. The van der Waals surface area contributed by atoms with Crippen LogP contribution < -0.4 is 5.32 Å². The molecule has 0 aromatic heterocycles. The first kappa shape index (κ1) is 10.1. The molecule has 1 amide bonds. The fourth-order valence-corrected chi connectivity index (χ4v) is 1.26. The summed E-state index contributed by atoms with van der Waals surface area (Å²) in [6.45, 7) is 4.85. The largest absolute Gasteiger partial charge is 0.380 e. The molecule has 0 radical (unpaired) electrons. The highest BCUT2D eigenvalue weighted by molar-refractivity contribution is 5.83. The maximum absolute atomic E-state index is 11.6. The topological polar surface area (TPSA) is 38.3 Å². The van der Waals surface area contributed by atoms with Crippen LogP contribution in [0.15, 0.2) is 0 Å². The molecule has 1 heterocycles. The number of ether oxygens (including phenoxy) is 1. The maximum Gasteiger partial charge on any atom is 0.229 e. The van der Waals surface area contributed by atoms with Crippen LogP contribution in [-0.4, -0.2) is 25.2 Å². The Morgan fingerprint density at radius 2 is 2.46 bits per heavy atom. The molecule has 2 unspecified atom stereocenters. The van der Waals surface area contributed by atoms with Crippen LogP contribution in [0.2, 0.25) is 0 Å². The summed E-state index contributed by atoms with van der Waals surface area (Å²) in [5.74, 6) is 2.46. The molecule has 0 saturated carbocycles. The first-order valence-electron chi connectivity index (χ1n) is 4.43. The highest BCUT2D eigenvalue weighted by Gasteiger charge is 2.37. The van der Waals surface area contributed by atoms with E-state index in [1.54, 1.807) is 6.92 Å². The van der Waals surface area contributed by atoms with E-state index in [2.05, 4.69) is 11.2 Å². The van der Waals surface area contributed by atoms with E-state index < -0.39 is 0 Å². The standard InChI is InChI=1S/C10H15NO2/c1-4-8(2)11-9(12)10(3)5-6-13-7-10/h1,8H,5-7H2,2-3H3,(H,11,12). The molecule has 1 aliphatic heterocycles. The van der Waals surface area contributed by atoms with Crippen molar-refractivity contribution in [3.05, 3.63) is 0 Å². The number of rotatable bonds is 2. The molecule has 2 atom stereocenters. The van der Waals surface area contributed by atoms with Gasteiger partial charge in [0.2, 0.25) is 5.91 Å². The van der Waals surface area contributed by atoms with Crippen LogP contribution in [0.3, 0.4) is 0 Å². The second-order valence-electron chi connectivity index (χ2n) is 3.73. The summed E-state index contributed by atoms with van der Waals surface area (Å²) in [6, 6.07) is -0.204. The van der Waals surface area contributed by atoms with E-state index in [4.69, 9.17) is 11.2 Å². The van der Waals surface area contributed by atoms with Crippen LogP contribution in [0.25, 0.3) is 0 Å². The number of carbonyl (C=O) groups is 1. The quantitative estimate of drug-likeness (QED) is 0.632. The Balaban J connectivity index is 2.52. The SMILES string of the molecule is C#CC(C)NC(=O)C1(C)CCOC1. The van der Waals surface area contributed by atoms with E-state index in [1.165, 1.54) is 0 Å². The Bertz CT molecular complexity index is 236. The molecule has 3 heteroatoms. The summed E-state index contributed by atoms with van der Waals surface area (Å²) in [5.41, 5.74) is -0.384. The predicted octanol–water partition coefficient (Wildman–Crippen LogP) is 0.551. The van der Waals surface area contributed by atoms with Crippen molar-refractivity contribution in [1.29, 1.82) is 0 Å². The highest BCUT2D eigenvalue weighted by atomic mass is 16.5. The summed E-state index contributed by atoms with van der Waals surface area (Å²) in [6.07, 6.45) is 5.94. The van der Waals surface area contributed by atoms with Crippen molar-refractivity contribution in [3.8, 4) is 12.3 Å². The minimum absolute atomic E-state index is 0.00421. The zero-order chi connectivity index (χ0) is 9.90. The van der Waals surface area contributed by atoms with E-state index >= 15 is 0 Å². The van der Waals surface area contributed by atoms with Crippen LogP contribution in [-0.2, 0) is 9.53 Å². The molecule has 1 rings (SSSR count). The number of carbonyl (C=O) groups excluding carboxylic acids is 1. The van der Waals surface area contributed by atoms with Crippen molar-refractivity contribution in [3.63, 3.8) is 0 Å². The van der Waals surface area contributed by atoms with Gasteiger partial charge in [0.05, 0.1) is 18.1 Å². The minimum atomic E-state index is -0.384. The molecule has 72 valence electrons. The highest BCUT2D eigenvalue weighted by Crippen LogP contribution is 2.27. The van der Waals surface area contributed by atoms with Gasteiger partial charge in [-0.1, -0.05) is 5.92 Å². The van der Waals surface area contributed by atoms with Crippen molar-refractivity contribution in [2.75, 3.05) is 13.2 Å². The molecular formula is C10H15NO2. The monoisotopic (exact) mass is 181 g/mol. The van der Waals surface area contributed by atoms with Crippen LogP contribution in [0.4, 0.5) is 0 Å². The van der Waals surface area contributed by atoms with Crippen LogP contribution in [0.5, 0.6) is 0 Å². The van der Waals surface area contributed by atoms with E-state index in [1.807, 2.05) is 6.92 Å². The summed E-state index contributed by atoms with van der Waals surface area (Å²) in [5, 5.41) is 2.76. The van der Waals surface area contributed by atoms with Gasteiger partial charge in [-0.05, 0) is 20.3 Å². The van der Waals surface area contributed by atoms with Crippen LogP contribution in [0.1, 0.15) is 20.3 Å². The molecule has 0 aromatic carbocycles. The Morgan fingerprint density at radius 1 is 1.77 bits per heavy atom. The zero-order valence-electron chi connectivity index (χ0n) is 8.09. The predicted molar refractivity (Wildman–Crippen MR) is 50.0 cm³/mol. The smallest absolute Gasteiger partial charge is 0.229 e. The fraction of sp³-hybridized carbons (Fsp3) is 0.700. The molecule has 1 N–H and O–H groups in total. The van der Waals surface area contributed by atoms with Crippen molar-refractivity contribution >= 4 is 5.91 Å². The first-order chi connectivity index (χ1) is 6.08. The molecule has 3 nitrogen and oxygen atoms in total. The van der Waals surface area contributed by atoms with Gasteiger partial charge in [0.15, 0.2) is 0 Å². The van der Waals surface area contributed by atoms with E-state index in [0.717, 1.165) is 6.42 Å². The normalized spacial score (nSPS) is 29.3. The molecule has 0 spiro atoms. The molecular weight excluding hydrogens is 166 g/mol. The van der Waals surface area contributed by atoms with Gasteiger partial charge >= 0.3 is 0 Å². The molecule has 13 heavy (non-hydrogen) atoms. The molecule has 0 aromatic rings. The van der Waals surface area contributed by atoms with Gasteiger partial charge in [-0.25, -0.2) is 0 Å². The van der Waals surface area contributed by atoms with Gasteiger partial charge in [-0.15, -0.1) is 6.42 Å². The lowest BCUT2D eigenvalue weighted by molar-refractivity contribution is -0.130. The van der Waals surface area contributed by atoms with Crippen molar-refractivity contribution in [1.82, 2.24) is 5.32 Å². The van der Waals surface area contributed by atoms with Crippen molar-refractivity contribution in [2.45, 2.75) is 26.3 Å². The number of terminal acetylenes is 1. The van der Waals surface area contributed by atoms with E-state index in [0.29, 0.717) is 13.2 Å². The lowest BCUT2D eigenvalue weighted by Gasteiger charge is -2.21. The molecule has 0 aliphatic carbocycles. The van der Waals surface area contributed by atoms with Crippen LogP contribution in [0, 0.1) is 17.8 Å². The van der Waals surface area contributed by atoms with Gasteiger partial charge in [0.25, 0.3) is 0 Å². The Labute approximate surface area is 78.8 Å². The third kappa shape index (κ3) is 2.22. The molecule has 0 bridgehead atoms. The second kappa shape index (κ2) is 3.80. The van der Waals surface area contributed by atoms with Gasteiger partial charge in [-0.3, -0.25) is 4.79 Å². The average Bonchev–Trinajstić information content (AvgIpc) is 2.53. The third-order valence-electron chi connectivity index (χ3n) is 2.36. The number of nitrogens with one attached hydrogen (secondary N) is 1. The fourth-order valence-electron chi connectivity index (χ4n) is 1.26. The summed E-state index contributed by atoms with van der Waals surface area (Å²) < 4.78 is 5.18. The third-order valence-corrected chi connectivity index (χ3v) is 2.36. The van der Waals surface area contributed by atoms with Crippen LogP contribution >= 0.6 is 0 Å². The van der Waals surface area contributed by atoms with E-state index in [-0.39, 0.29) is 17.4 Å². The number of amides is 1. The summed E-state index contributed by atoms with van der Waals surface area (Å²) in [4.78, 5) is 11.6. The zero-order valence-corrected chi connectivity index (χ0v) is 8.09. The van der Waals surface area contributed by atoms with Gasteiger partial charge in [0, 0.05) is 6.61 Å². The van der Waals surface area contributed by atoms with E-state index in [9.17, 15) is 4.79 Å². The lowest BCUT2D eigenvalue weighted by atomic mass is 9.89. The van der Waals surface area contributed by atoms with Crippen molar-refractivity contribution in [2.24, 2.45) is 5.41 Å². The van der Waals surface area contributed by atoms with Gasteiger partial charge in [0.1, 0.15) is 0 Å². The van der Waals surface area contributed by atoms with Crippen molar-refractivity contribution < 1.29 is 9.53 Å². The number of hydrogen-bond acceptors (Lipinski definition) is 2. The Morgan fingerprint density at radius 3 is 2.92 bits per heavy atom. The summed E-state index contributed by atoms with van der Waals surface area (Å²) >= 11 is 0. The molecule has 1 aliphatic rings. The second-order valence-corrected chi connectivity index (χ2v) is 3.73. The van der Waals surface area contributed by atoms with Gasteiger partial charge in [-0.2, -0.15) is 0 Å². The van der Waals surface area contributed by atoms with Gasteiger partial charge < -0.3 is 10.1 Å². The summed E-state index contributed by atoms with van der Waals surface area (Å²) in [7, 11) is 0. The molecule has 1 saturated heterocycles. The number of hydrogen-bond donors (Lipinski definition) is 1. The molecule has 1 fully saturated rings. The first-order valence-corrected chi connectivity index (χ1v) is 4.43. The Kier molecular flexibility index (Phi) is 2.94. The Hall–Kier alpha value is -1.01. The lowest BCUT2D eigenvalue weighted by Crippen LogP contribution is -2.43. The minimum Gasteiger partial charge on any atom is -0.380 e.